The third kappa shape index (κ3) is 4.54. The number of nitrogens with zero attached hydrogens (tertiary/aromatic N) is 3. The van der Waals surface area contributed by atoms with Crippen molar-refractivity contribution in [3.63, 3.8) is 0 Å². The van der Waals surface area contributed by atoms with Crippen LogP contribution in [0.4, 0.5) is 29.3 Å². The maximum atomic E-state index is 14.0. The van der Waals surface area contributed by atoms with Crippen molar-refractivity contribution in [2.24, 2.45) is 0 Å². The van der Waals surface area contributed by atoms with Crippen LogP contribution in [0.15, 0.2) is 72.8 Å². The van der Waals surface area contributed by atoms with Crippen molar-refractivity contribution in [3.05, 3.63) is 89.5 Å². The van der Waals surface area contributed by atoms with Gasteiger partial charge in [0.05, 0.1) is 23.2 Å². The summed E-state index contributed by atoms with van der Waals surface area (Å²) in [7, 11) is 0. The van der Waals surface area contributed by atoms with Crippen LogP contribution in [0, 0.1) is 18.3 Å². The minimum atomic E-state index is -4.83. The van der Waals surface area contributed by atoms with Gasteiger partial charge in [-0.25, -0.2) is 4.79 Å². The first kappa shape index (κ1) is 24.1. The average Bonchev–Trinajstić information content (AvgIpc) is 3.06. The third-order valence-electron chi connectivity index (χ3n) is 6.45. The van der Waals surface area contributed by atoms with Gasteiger partial charge in [0, 0.05) is 11.4 Å². The van der Waals surface area contributed by atoms with Crippen LogP contribution < -0.4 is 14.5 Å². The molecule has 2 atom stereocenters. The minimum absolute atomic E-state index is 0.310. The first-order valence-electron chi connectivity index (χ1n) is 11.1. The number of rotatable bonds is 5. The van der Waals surface area contributed by atoms with E-state index in [1.54, 1.807) is 40.1 Å². The van der Waals surface area contributed by atoms with E-state index in [4.69, 9.17) is 0 Å². The van der Waals surface area contributed by atoms with Crippen molar-refractivity contribution in [1.29, 1.82) is 5.26 Å². The van der Waals surface area contributed by atoms with Gasteiger partial charge in [-0.1, -0.05) is 36.8 Å². The van der Waals surface area contributed by atoms with E-state index >= 15 is 0 Å². The number of carbonyl (C=O) groups is 1. The lowest BCUT2D eigenvalue weighted by Crippen LogP contribution is -2.45. The Balaban J connectivity index is 1.89. The molecule has 35 heavy (non-hydrogen) atoms. The van der Waals surface area contributed by atoms with E-state index in [0.29, 0.717) is 28.9 Å². The highest BCUT2D eigenvalue weighted by molar-refractivity contribution is 6.08. The number of ether oxygens (including phenoxy) is 1. The summed E-state index contributed by atoms with van der Waals surface area (Å²) in [6.45, 7) is 5.79. The highest BCUT2D eigenvalue weighted by Crippen LogP contribution is 2.50. The van der Waals surface area contributed by atoms with E-state index in [1.165, 1.54) is 18.2 Å². The molecule has 2 amide bonds. The molecule has 0 radical (unpaired) electrons. The second-order valence-electron chi connectivity index (χ2n) is 8.72. The number of hydrogen-bond acceptors (Lipinski definition) is 3. The topological polar surface area (TPSA) is 56.6 Å². The number of carbonyl (C=O) groups excluding carboxylic acids is 1. The molecule has 1 saturated heterocycles. The standard InChI is InChI=1S/C27H24F3N3O2/c1-4-26(3)24(20-6-5-7-23(16-20)35-27(28,29)30)32(21-12-8-18(2)9-13-21)25(34)33(26)22-14-10-19(17-31)11-15-22/h5-16,24H,4H2,1-3H3/t24-,26+/m1/s1. The van der Waals surface area contributed by atoms with Gasteiger partial charge in [-0.15, -0.1) is 13.2 Å². The van der Waals surface area contributed by atoms with Crippen LogP contribution >= 0.6 is 0 Å². The van der Waals surface area contributed by atoms with Gasteiger partial charge in [0.25, 0.3) is 0 Å². The Morgan fingerprint density at radius 2 is 1.66 bits per heavy atom. The molecule has 8 heteroatoms. The number of aryl methyl sites for hydroxylation is 1. The molecule has 0 N–H and O–H groups in total. The van der Waals surface area contributed by atoms with E-state index in [0.717, 1.165) is 5.56 Å². The Labute approximate surface area is 202 Å². The summed E-state index contributed by atoms with van der Waals surface area (Å²) >= 11 is 0. The van der Waals surface area contributed by atoms with Crippen molar-refractivity contribution < 1.29 is 22.7 Å². The van der Waals surface area contributed by atoms with Gasteiger partial charge in [-0.2, -0.15) is 5.26 Å². The molecule has 0 unspecified atom stereocenters. The van der Waals surface area contributed by atoms with E-state index in [1.807, 2.05) is 45.0 Å². The van der Waals surface area contributed by atoms with E-state index in [9.17, 15) is 23.2 Å². The molecular formula is C27H24F3N3O2. The molecule has 5 nitrogen and oxygen atoms in total. The molecule has 0 aromatic heterocycles. The molecule has 4 rings (SSSR count). The Morgan fingerprint density at radius 3 is 2.23 bits per heavy atom. The summed E-state index contributed by atoms with van der Waals surface area (Å²) in [5.41, 5.74) is 2.39. The van der Waals surface area contributed by atoms with E-state index < -0.39 is 17.9 Å². The average molecular weight is 480 g/mol. The van der Waals surface area contributed by atoms with Crippen LogP contribution in [0.1, 0.15) is 43.0 Å². The summed E-state index contributed by atoms with van der Waals surface area (Å²) in [6, 6.07) is 21.1. The molecule has 1 aliphatic heterocycles. The van der Waals surface area contributed by atoms with Crippen molar-refractivity contribution in [2.75, 3.05) is 9.80 Å². The second kappa shape index (κ2) is 8.99. The van der Waals surface area contributed by atoms with Crippen molar-refractivity contribution in [1.82, 2.24) is 0 Å². The van der Waals surface area contributed by atoms with Gasteiger partial charge in [0.2, 0.25) is 0 Å². The van der Waals surface area contributed by atoms with Gasteiger partial charge in [0.15, 0.2) is 0 Å². The van der Waals surface area contributed by atoms with Crippen molar-refractivity contribution in [2.45, 2.75) is 45.1 Å². The predicted octanol–water partition coefficient (Wildman–Crippen LogP) is 7.12. The number of nitriles is 1. The number of anilines is 2. The zero-order valence-corrected chi connectivity index (χ0v) is 19.5. The van der Waals surface area contributed by atoms with Gasteiger partial charge in [-0.3, -0.25) is 9.80 Å². The third-order valence-corrected chi connectivity index (χ3v) is 6.45. The Morgan fingerprint density at radius 1 is 1.03 bits per heavy atom. The zero-order valence-electron chi connectivity index (χ0n) is 19.5. The van der Waals surface area contributed by atoms with Crippen LogP contribution in [0.5, 0.6) is 5.75 Å². The predicted molar refractivity (Wildman–Crippen MR) is 127 cm³/mol. The molecule has 0 spiro atoms. The Kier molecular flexibility index (Phi) is 6.20. The van der Waals surface area contributed by atoms with Crippen LogP contribution in [-0.2, 0) is 0 Å². The smallest absolute Gasteiger partial charge is 0.406 e. The molecular weight excluding hydrogens is 455 g/mol. The number of alkyl halides is 3. The number of amides is 2. The van der Waals surface area contributed by atoms with E-state index in [-0.39, 0.29) is 11.8 Å². The van der Waals surface area contributed by atoms with Crippen molar-refractivity contribution >= 4 is 17.4 Å². The number of urea groups is 1. The summed E-state index contributed by atoms with van der Waals surface area (Å²) < 4.78 is 43.0. The lowest BCUT2D eigenvalue weighted by molar-refractivity contribution is -0.274. The number of halogens is 3. The zero-order chi connectivity index (χ0) is 25.4. The normalized spacial score (nSPS) is 20.1. The monoisotopic (exact) mass is 479 g/mol. The summed E-state index contributed by atoms with van der Waals surface area (Å²) in [4.78, 5) is 17.3. The molecule has 1 heterocycles. The molecule has 1 fully saturated rings. The quantitative estimate of drug-likeness (QED) is 0.391. The van der Waals surface area contributed by atoms with Gasteiger partial charge >= 0.3 is 12.4 Å². The molecule has 3 aromatic carbocycles. The molecule has 0 aliphatic carbocycles. The Hall–Kier alpha value is -3.99. The lowest BCUT2D eigenvalue weighted by Gasteiger charge is -2.38. The van der Waals surface area contributed by atoms with Crippen LogP contribution in [0.2, 0.25) is 0 Å². The fourth-order valence-electron chi connectivity index (χ4n) is 4.63. The fourth-order valence-corrected chi connectivity index (χ4v) is 4.63. The summed E-state index contributed by atoms with van der Waals surface area (Å²) in [5.74, 6) is -0.346. The van der Waals surface area contributed by atoms with Crippen LogP contribution in [0.25, 0.3) is 0 Å². The first-order valence-corrected chi connectivity index (χ1v) is 11.1. The maximum Gasteiger partial charge on any atom is 0.573 e. The van der Waals surface area contributed by atoms with Gasteiger partial charge < -0.3 is 4.74 Å². The van der Waals surface area contributed by atoms with Crippen LogP contribution in [0.3, 0.4) is 0 Å². The minimum Gasteiger partial charge on any atom is -0.406 e. The summed E-state index contributed by atoms with van der Waals surface area (Å²) in [5, 5.41) is 9.17. The van der Waals surface area contributed by atoms with Crippen LogP contribution in [-0.4, -0.2) is 17.9 Å². The van der Waals surface area contributed by atoms with Gasteiger partial charge in [0.1, 0.15) is 5.75 Å². The maximum absolute atomic E-state index is 14.0. The van der Waals surface area contributed by atoms with E-state index in [2.05, 4.69) is 10.8 Å². The van der Waals surface area contributed by atoms with Gasteiger partial charge in [-0.05, 0) is 74.4 Å². The largest absolute Gasteiger partial charge is 0.573 e. The highest BCUT2D eigenvalue weighted by Gasteiger charge is 2.55. The van der Waals surface area contributed by atoms with Crippen molar-refractivity contribution in [3.8, 4) is 11.8 Å². The first-order chi connectivity index (χ1) is 16.6. The molecule has 180 valence electrons. The molecule has 1 aliphatic rings. The second-order valence-corrected chi connectivity index (χ2v) is 8.72. The molecule has 3 aromatic rings. The Bertz CT molecular complexity index is 1270. The molecule has 0 saturated carbocycles. The molecule has 0 bridgehead atoms. The number of benzene rings is 3. The summed E-state index contributed by atoms with van der Waals surface area (Å²) in [6.07, 6.45) is -4.32. The fraction of sp³-hybridized carbons (Fsp3) is 0.259. The number of hydrogen-bond donors (Lipinski definition) is 0. The SMILES string of the molecule is CC[C@@]1(C)[C@@H](c2cccc(OC(F)(F)F)c2)N(c2ccc(C)cc2)C(=O)N1c1ccc(C#N)cc1. The lowest BCUT2D eigenvalue weighted by atomic mass is 9.83. The highest BCUT2D eigenvalue weighted by atomic mass is 19.4.